The zero-order chi connectivity index (χ0) is 20.1. The van der Waals surface area contributed by atoms with Crippen LogP contribution in [0.3, 0.4) is 0 Å². The SMILES string of the molecule is CC(C)(C)c1ccc(C(=O)Nc2cccc(NC(=O)c3cccnc3)c2)cc1. The van der Waals surface area contributed by atoms with Crippen LogP contribution in [0.25, 0.3) is 0 Å². The van der Waals surface area contributed by atoms with Crippen molar-refractivity contribution in [2.45, 2.75) is 26.2 Å². The number of aromatic nitrogens is 1. The van der Waals surface area contributed by atoms with E-state index in [0.717, 1.165) is 0 Å². The first-order chi connectivity index (χ1) is 13.3. The highest BCUT2D eigenvalue weighted by molar-refractivity contribution is 6.06. The monoisotopic (exact) mass is 373 g/mol. The molecule has 0 fully saturated rings. The van der Waals surface area contributed by atoms with Crippen molar-refractivity contribution in [2.75, 3.05) is 10.6 Å². The number of pyridine rings is 1. The van der Waals surface area contributed by atoms with Gasteiger partial charge in [0.2, 0.25) is 0 Å². The molecule has 0 spiro atoms. The fourth-order valence-corrected chi connectivity index (χ4v) is 2.70. The molecule has 142 valence electrons. The Bertz CT molecular complexity index is 975. The van der Waals surface area contributed by atoms with Crippen LogP contribution in [0.5, 0.6) is 0 Å². The summed E-state index contributed by atoms with van der Waals surface area (Å²) in [6.45, 7) is 6.40. The van der Waals surface area contributed by atoms with Crippen LogP contribution in [0.1, 0.15) is 47.1 Å². The van der Waals surface area contributed by atoms with E-state index in [1.165, 1.54) is 11.8 Å². The zero-order valence-electron chi connectivity index (χ0n) is 16.2. The van der Waals surface area contributed by atoms with Gasteiger partial charge in [-0.25, -0.2) is 0 Å². The molecule has 3 aromatic rings. The minimum absolute atomic E-state index is 0.0375. The standard InChI is InChI=1S/C23H23N3O2/c1-23(2,3)18-11-9-16(10-12-18)21(27)25-19-7-4-8-20(14-19)26-22(28)17-6-5-13-24-15-17/h4-15H,1-3H3,(H,25,27)(H,26,28). The third-order valence-corrected chi connectivity index (χ3v) is 4.32. The maximum atomic E-state index is 12.5. The number of nitrogens with zero attached hydrogens (tertiary/aromatic N) is 1. The number of anilines is 2. The van der Waals surface area contributed by atoms with Gasteiger partial charge in [0.25, 0.3) is 11.8 Å². The number of benzene rings is 2. The summed E-state index contributed by atoms with van der Waals surface area (Å²) in [6, 6.07) is 18.0. The quantitative estimate of drug-likeness (QED) is 0.684. The van der Waals surface area contributed by atoms with Gasteiger partial charge in [-0.1, -0.05) is 39.0 Å². The number of rotatable bonds is 4. The molecule has 0 saturated heterocycles. The topological polar surface area (TPSA) is 71.1 Å². The van der Waals surface area contributed by atoms with Gasteiger partial charge in [-0.3, -0.25) is 14.6 Å². The predicted octanol–water partition coefficient (Wildman–Crippen LogP) is 4.88. The van der Waals surface area contributed by atoms with Crippen LogP contribution in [-0.4, -0.2) is 16.8 Å². The molecule has 0 saturated carbocycles. The lowest BCUT2D eigenvalue weighted by atomic mass is 9.87. The summed E-state index contributed by atoms with van der Waals surface area (Å²) in [5.41, 5.74) is 3.46. The van der Waals surface area contributed by atoms with Gasteiger partial charge in [0.15, 0.2) is 0 Å². The minimum atomic E-state index is -0.255. The molecule has 1 aromatic heterocycles. The molecule has 2 aromatic carbocycles. The number of hydrogen-bond donors (Lipinski definition) is 2. The summed E-state index contributed by atoms with van der Waals surface area (Å²) in [6.07, 6.45) is 3.11. The zero-order valence-corrected chi connectivity index (χ0v) is 16.2. The highest BCUT2D eigenvalue weighted by atomic mass is 16.2. The number of carbonyl (C=O) groups excluding carboxylic acids is 2. The van der Waals surface area contributed by atoms with Crippen LogP contribution in [0.2, 0.25) is 0 Å². The van der Waals surface area contributed by atoms with Gasteiger partial charge in [-0.15, -0.1) is 0 Å². The Morgan fingerprint density at radius 3 is 1.93 bits per heavy atom. The molecule has 28 heavy (non-hydrogen) atoms. The summed E-state index contributed by atoms with van der Waals surface area (Å²) >= 11 is 0. The maximum Gasteiger partial charge on any atom is 0.257 e. The molecule has 5 nitrogen and oxygen atoms in total. The van der Waals surface area contributed by atoms with Crippen molar-refractivity contribution in [3.8, 4) is 0 Å². The van der Waals surface area contributed by atoms with Crippen LogP contribution in [0.15, 0.2) is 73.1 Å². The molecule has 0 bridgehead atoms. The van der Waals surface area contributed by atoms with Gasteiger partial charge in [-0.05, 0) is 53.4 Å². The molecule has 0 atom stereocenters. The van der Waals surface area contributed by atoms with Gasteiger partial charge < -0.3 is 10.6 Å². The molecule has 2 N–H and O–H groups in total. The van der Waals surface area contributed by atoms with Crippen molar-refractivity contribution >= 4 is 23.2 Å². The molecule has 0 aliphatic carbocycles. The van der Waals surface area contributed by atoms with Crippen molar-refractivity contribution in [3.05, 3.63) is 89.7 Å². The lowest BCUT2D eigenvalue weighted by Gasteiger charge is -2.19. The summed E-state index contributed by atoms with van der Waals surface area (Å²) < 4.78 is 0. The molecule has 0 unspecified atom stereocenters. The lowest BCUT2D eigenvalue weighted by Crippen LogP contribution is -2.15. The number of hydrogen-bond acceptors (Lipinski definition) is 3. The maximum absolute atomic E-state index is 12.5. The average molecular weight is 373 g/mol. The van der Waals surface area contributed by atoms with Crippen molar-refractivity contribution in [3.63, 3.8) is 0 Å². The molecule has 1 heterocycles. The van der Waals surface area contributed by atoms with Crippen LogP contribution in [-0.2, 0) is 5.41 Å². The Morgan fingerprint density at radius 1 is 0.786 bits per heavy atom. The van der Waals surface area contributed by atoms with E-state index >= 15 is 0 Å². The van der Waals surface area contributed by atoms with Crippen LogP contribution in [0, 0.1) is 0 Å². The Balaban J connectivity index is 1.69. The van der Waals surface area contributed by atoms with Gasteiger partial charge in [-0.2, -0.15) is 0 Å². The normalized spacial score (nSPS) is 11.0. The van der Waals surface area contributed by atoms with E-state index in [9.17, 15) is 9.59 Å². The van der Waals surface area contributed by atoms with Crippen molar-refractivity contribution in [1.82, 2.24) is 4.98 Å². The van der Waals surface area contributed by atoms with E-state index in [0.29, 0.717) is 22.5 Å². The molecule has 0 radical (unpaired) electrons. The molecule has 5 heteroatoms. The van der Waals surface area contributed by atoms with E-state index in [-0.39, 0.29) is 17.2 Å². The van der Waals surface area contributed by atoms with E-state index in [1.54, 1.807) is 42.6 Å². The smallest absolute Gasteiger partial charge is 0.257 e. The summed E-state index contributed by atoms with van der Waals surface area (Å²) in [5, 5.41) is 5.67. The second-order valence-electron chi connectivity index (χ2n) is 7.56. The van der Waals surface area contributed by atoms with Gasteiger partial charge in [0, 0.05) is 29.3 Å². The number of nitrogens with one attached hydrogen (secondary N) is 2. The van der Waals surface area contributed by atoms with E-state index < -0.39 is 0 Å². The number of amides is 2. The first-order valence-corrected chi connectivity index (χ1v) is 9.06. The molecule has 3 rings (SSSR count). The molecular weight excluding hydrogens is 350 g/mol. The summed E-state index contributed by atoms with van der Waals surface area (Å²) in [5.74, 6) is -0.453. The van der Waals surface area contributed by atoms with Crippen molar-refractivity contribution < 1.29 is 9.59 Å². The summed E-state index contributed by atoms with van der Waals surface area (Å²) in [4.78, 5) is 28.7. The van der Waals surface area contributed by atoms with Crippen LogP contribution < -0.4 is 10.6 Å². The Kier molecular flexibility index (Phi) is 5.54. The summed E-state index contributed by atoms with van der Waals surface area (Å²) in [7, 11) is 0. The largest absolute Gasteiger partial charge is 0.322 e. The fourth-order valence-electron chi connectivity index (χ4n) is 2.70. The van der Waals surface area contributed by atoms with Gasteiger partial charge in [0.05, 0.1) is 5.56 Å². The third-order valence-electron chi connectivity index (χ3n) is 4.32. The Hall–Kier alpha value is -3.47. The van der Waals surface area contributed by atoms with E-state index in [2.05, 4.69) is 36.4 Å². The Labute approximate surface area is 164 Å². The van der Waals surface area contributed by atoms with E-state index in [1.807, 2.05) is 24.3 Å². The van der Waals surface area contributed by atoms with E-state index in [4.69, 9.17) is 0 Å². The highest BCUT2D eigenvalue weighted by Crippen LogP contribution is 2.23. The fraction of sp³-hybridized carbons (Fsp3) is 0.174. The van der Waals surface area contributed by atoms with Gasteiger partial charge in [0.1, 0.15) is 0 Å². The highest BCUT2D eigenvalue weighted by Gasteiger charge is 2.14. The van der Waals surface area contributed by atoms with Crippen LogP contribution >= 0.6 is 0 Å². The second kappa shape index (κ2) is 8.05. The average Bonchev–Trinajstić information content (AvgIpc) is 2.68. The Morgan fingerprint density at radius 2 is 1.39 bits per heavy atom. The first-order valence-electron chi connectivity index (χ1n) is 9.06. The lowest BCUT2D eigenvalue weighted by molar-refractivity contribution is 0.101. The van der Waals surface area contributed by atoms with Crippen LogP contribution in [0.4, 0.5) is 11.4 Å². The number of carbonyl (C=O) groups is 2. The third kappa shape index (κ3) is 4.82. The molecule has 0 aliphatic heterocycles. The van der Waals surface area contributed by atoms with Crippen molar-refractivity contribution in [2.24, 2.45) is 0 Å². The minimum Gasteiger partial charge on any atom is -0.322 e. The molecule has 0 aliphatic rings. The predicted molar refractivity (Wildman–Crippen MR) is 112 cm³/mol. The molecular formula is C23H23N3O2. The first kappa shape index (κ1) is 19.3. The second-order valence-corrected chi connectivity index (χ2v) is 7.56. The molecule has 2 amide bonds. The van der Waals surface area contributed by atoms with Gasteiger partial charge >= 0.3 is 0 Å². The van der Waals surface area contributed by atoms with Crippen molar-refractivity contribution in [1.29, 1.82) is 0 Å².